The Kier molecular flexibility index (Phi) is 6.23. The molecule has 0 bridgehead atoms. The highest BCUT2D eigenvalue weighted by Gasteiger charge is 2.59. The Morgan fingerprint density at radius 1 is 1.26 bits per heavy atom. The number of amidine groups is 1. The summed E-state index contributed by atoms with van der Waals surface area (Å²) in [5.41, 5.74) is 0.272. The second kappa shape index (κ2) is 8.06. The Hall–Kier alpha value is -2.44. The van der Waals surface area contributed by atoms with Crippen molar-refractivity contribution in [2.45, 2.75) is 18.5 Å². The molecule has 1 unspecified atom stereocenters. The molecule has 0 aromatic heterocycles. The molecule has 1 N–H and O–H groups in total. The molecule has 27 heavy (non-hydrogen) atoms. The van der Waals surface area contributed by atoms with Gasteiger partial charge in [0.1, 0.15) is 0 Å². The second-order valence-electron chi connectivity index (χ2n) is 4.96. The highest BCUT2D eigenvalue weighted by Crippen LogP contribution is 2.39. The molecule has 1 aliphatic rings. The van der Waals surface area contributed by atoms with Crippen LogP contribution in [0.1, 0.15) is 5.56 Å². The molecular formula is C14H11F6N3O3S. The number of nitrogens with zero attached hydrogens (tertiary/aromatic N) is 2. The molecule has 1 fully saturated rings. The molecule has 13 heteroatoms. The van der Waals surface area contributed by atoms with Crippen LogP contribution in [0.2, 0.25) is 0 Å². The van der Waals surface area contributed by atoms with Crippen molar-refractivity contribution in [1.82, 2.24) is 5.32 Å². The molecule has 1 amide bonds. The number of amides is 1. The number of hydrogen-bond donors (Lipinski definition) is 1. The number of ether oxygens (including phenoxy) is 2. The van der Waals surface area contributed by atoms with Crippen molar-refractivity contribution in [2.24, 2.45) is 10.2 Å². The Morgan fingerprint density at radius 3 is 2.52 bits per heavy atom. The van der Waals surface area contributed by atoms with Crippen LogP contribution < -0.4 is 14.8 Å². The van der Waals surface area contributed by atoms with Crippen LogP contribution in [-0.4, -0.2) is 48.6 Å². The predicted octanol–water partition coefficient (Wildman–Crippen LogP) is 3.12. The monoisotopic (exact) mass is 415 g/mol. The van der Waals surface area contributed by atoms with E-state index in [1.807, 2.05) is 0 Å². The van der Waals surface area contributed by atoms with Crippen molar-refractivity contribution in [2.75, 3.05) is 12.9 Å². The lowest BCUT2D eigenvalue weighted by Crippen LogP contribution is -2.45. The predicted molar refractivity (Wildman–Crippen MR) is 85.1 cm³/mol. The van der Waals surface area contributed by atoms with Gasteiger partial charge in [0.05, 0.1) is 19.1 Å². The van der Waals surface area contributed by atoms with Crippen molar-refractivity contribution in [3.05, 3.63) is 23.8 Å². The number of carbonyl (C=O) groups is 1. The fourth-order valence-corrected chi connectivity index (χ4v) is 2.40. The number of thioether (sulfide) groups is 1. The average Bonchev–Trinajstić information content (AvgIpc) is 2.99. The molecule has 0 saturated carbocycles. The Labute approximate surface area is 152 Å². The summed E-state index contributed by atoms with van der Waals surface area (Å²) in [4.78, 5) is 11.0. The molecule has 148 valence electrons. The molecule has 1 heterocycles. The molecule has 6 nitrogen and oxygen atoms in total. The average molecular weight is 415 g/mol. The van der Waals surface area contributed by atoms with E-state index in [1.54, 1.807) is 0 Å². The topological polar surface area (TPSA) is 72.3 Å². The number of rotatable bonds is 6. The van der Waals surface area contributed by atoms with E-state index in [-0.39, 0.29) is 28.1 Å². The van der Waals surface area contributed by atoms with Crippen molar-refractivity contribution in [3.8, 4) is 11.5 Å². The van der Waals surface area contributed by atoms with E-state index in [4.69, 9.17) is 4.74 Å². The largest absolute Gasteiger partial charge is 0.493 e. The first kappa shape index (κ1) is 20.9. The number of halogens is 6. The van der Waals surface area contributed by atoms with Crippen LogP contribution in [0.5, 0.6) is 11.5 Å². The summed E-state index contributed by atoms with van der Waals surface area (Å²) in [7, 11) is 1.06. The van der Waals surface area contributed by atoms with Gasteiger partial charge in [-0.2, -0.15) is 27.1 Å². The number of hydrogen-bond acceptors (Lipinski definition) is 6. The van der Waals surface area contributed by atoms with Gasteiger partial charge in [-0.05, 0) is 23.8 Å². The minimum atomic E-state index is -5.80. The first-order valence-electron chi connectivity index (χ1n) is 7.02. The molecule has 1 aromatic carbocycles. The summed E-state index contributed by atoms with van der Waals surface area (Å²) in [6, 6.07) is 3.16. The highest BCUT2D eigenvalue weighted by atomic mass is 32.2. The smallest absolute Gasteiger partial charge is 0.439 e. The van der Waals surface area contributed by atoms with Crippen molar-refractivity contribution in [3.63, 3.8) is 0 Å². The van der Waals surface area contributed by atoms with E-state index >= 15 is 0 Å². The summed E-state index contributed by atoms with van der Waals surface area (Å²) < 4.78 is 84.8. The van der Waals surface area contributed by atoms with Gasteiger partial charge in [-0.1, -0.05) is 11.8 Å². The van der Waals surface area contributed by atoms with Crippen LogP contribution in [0.25, 0.3) is 0 Å². The normalized spacial score (nSPS) is 18.0. The van der Waals surface area contributed by atoms with E-state index in [9.17, 15) is 31.1 Å². The molecule has 1 aromatic rings. The van der Waals surface area contributed by atoms with Gasteiger partial charge in [-0.25, -0.2) is 4.39 Å². The van der Waals surface area contributed by atoms with Gasteiger partial charge in [-0.15, -0.1) is 5.10 Å². The van der Waals surface area contributed by atoms with E-state index in [0.29, 0.717) is 0 Å². The van der Waals surface area contributed by atoms with Crippen molar-refractivity contribution >= 4 is 29.1 Å². The van der Waals surface area contributed by atoms with Crippen LogP contribution in [-0.2, 0) is 4.79 Å². The fourth-order valence-electron chi connectivity index (χ4n) is 1.76. The van der Waals surface area contributed by atoms with Gasteiger partial charge < -0.3 is 14.8 Å². The van der Waals surface area contributed by atoms with Gasteiger partial charge >= 0.3 is 12.3 Å². The lowest BCUT2D eigenvalue weighted by atomic mass is 10.2. The molecule has 2 rings (SSSR count). The maximum atomic E-state index is 13.4. The molecule has 1 atom stereocenters. The molecule has 1 aliphatic heterocycles. The summed E-state index contributed by atoms with van der Waals surface area (Å²) in [6.45, 7) is 0. The maximum Gasteiger partial charge on any atom is 0.439 e. The van der Waals surface area contributed by atoms with Gasteiger partial charge in [0.2, 0.25) is 5.91 Å². The zero-order chi connectivity index (χ0) is 20.2. The number of benzene rings is 1. The van der Waals surface area contributed by atoms with Gasteiger partial charge in [-0.3, -0.25) is 4.79 Å². The first-order chi connectivity index (χ1) is 12.5. The van der Waals surface area contributed by atoms with E-state index in [0.717, 1.165) is 31.0 Å². The van der Waals surface area contributed by atoms with Crippen LogP contribution >= 0.6 is 11.8 Å². The standard InChI is InChI=1S/C14H11F6N3O3S/c1-25-9-4-7(5-21-23-12-22-10(24)6-27-12)2-3-8(9)26-14(19,20)11(15)13(16,17)18/h2-5,11H,6H2,1H3,(H,22,23,24). The van der Waals surface area contributed by atoms with E-state index < -0.39 is 24.2 Å². The third-order valence-corrected chi connectivity index (χ3v) is 3.82. The highest BCUT2D eigenvalue weighted by molar-refractivity contribution is 8.15. The number of methoxy groups -OCH3 is 1. The molecule has 0 radical (unpaired) electrons. The number of alkyl halides is 6. The Bertz CT molecular complexity index is 769. The minimum absolute atomic E-state index is 0.204. The second-order valence-corrected chi connectivity index (χ2v) is 5.93. The summed E-state index contributed by atoms with van der Waals surface area (Å²) in [5.74, 6) is -1.20. The summed E-state index contributed by atoms with van der Waals surface area (Å²) in [6.07, 6.45) is -14.3. The molecule has 1 saturated heterocycles. The van der Waals surface area contributed by atoms with Crippen LogP contribution in [0.4, 0.5) is 26.3 Å². The number of nitrogens with one attached hydrogen (secondary N) is 1. The van der Waals surface area contributed by atoms with Gasteiger partial charge in [0, 0.05) is 0 Å². The maximum absolute atomic E-state index is 13.4. The van der Waals surface area contributed by atoms with Crippen LogP contribution in [0.3, 0.4) is 0 Å². The zero-order valence-corrected chi connectivity index (χ0v) is 14.2. The summed E-state index contributed by atoms with van der Waals surface area (Å²) in [5, 5.41) is 10.1. The van der Waals surface area contributed by atoms with Crippen LogP contribution in [0, 0.1) is 0 Å². The zero-order valence-electron chi connectivity index (χ0n) is 13.4. The van der Waals surface area contributed by atoms with E-state index in [2.05, 4.69) is 20.3 Å². The lowest BCUT2D eigenvalue weighted by molar-refractivity contribution is -0.305. The first-order valence-corrected chi connectivity index (χ1v) is 8.01. The molecular weight excluding hydrogens is 404 g/mol. The van der Waals surface area contributed by atoms with Crippen LogP contribution in [0.15, 0.2) is 28.4 Å². The van der Waals surface area contributed by atoms with Gasteiger partial charge in [0.25, 0.3) is 6.17 Å². The van der Waals surface area contributed by atoms with E-state index in [1.165, 1.54) is 12.3 Å². The minimum Gasteiger partial charge on any atom is -0.493 e. The third-order valence-electron chi connectivity index (χ3n) is 2.96. The Morgan fingerprint density at radius 2 is 1.96 bits per heavy atom. The fraction of sp³-hybridized carbons (Fsp3) is 0.357. The summed E-state index contributed by atoms with van der Waals surface area (Å²) >= 11 is 1.13. The van der Waals surface area contributed by atoms with Crippen molar-refractivity contribution < 1.29 is 40.6 Å². The Balaban J connectivity index is 2.15. The quantitative estimate of drug-likeness (QED) is 0.440. The lowest BCUT2D eigenvalue weighted by Gasteiger charge is -2.23. The SMILES string of the molecule is COc1cc(C=NN=C2NC(=O)CS2)ccc1OC(F)(F)C(F)C(F)(F)F. The van der Waals surface area contributed by atoms with Crippen molar-refractivity contribution in [1.29, 1.82) is 0 Å². The molecule has 0 spiro atoms. The number of carbonyl (C=O) groups excluding carboxylic acids is 1. The third kappa shape index (κ3) is 5.52. The molecule has 0 aliphatic carbocycles. The van der Waals surface area contributed by atoms with Gasteiger partial charge in [0.15, 0.2) is 16.7 Å².